The van der Waals surface area contributed by atoms with Crippen LogP contribution in [0, 0.1) is 23.7 Å². The van der Waals surface area contributed by atoms with E-state index in [1.807, 2.05) is 19.9 Å². The number of Topliss-reactive ketones (excluding diaryl/α,β-unsaturated/α-hetero) is 1. The van der Waals surface area contributed by atoms with Gasteiger partial charge >= 0.3 is 0 Å². The fourth-order valence-electron chi connectivity index (χ4n) is 3.90. The van der Waals surface area contributed by atoms with Crippen LogP contribution in [0.15, 0.2) is 40.4 Å². The Kier molecular flexibility index (Phi) is 3.86. The predicted molar refractivity (Wildman–Crippen MR) is 106 cm³/mol. The molecule has 1 aliphatic carbocycles. The number of para-hydroxylation sites is 2. The molecule has 1 aliphatic rings. The third-order valence-corrected chi connectivity index (χ3v) is 5.29. The maximum atomic E-state index is 13.3. The standard InChI is InChI=1S/C22H19N3O3/c1-12-13(8-14-18(26)9-22(2,3)10-19(14)27)21(28)25-17-7-5-4-6-16(17)24-20(25)15(12)11-23/h4-8,26H,9-10H2,1-3H3. The van der Waals surface area contributed by atoms with Gasteiger partial charge in [-0.25, -0.2) is 4.98 Å². The topological polar surface area (TPSA) is 95.5 Å². The second kappa shape index (κ2) is 6.03. The molecule has 1 aromatic carbocycles. The number of carbonyl (C=O) groups is 1. The second-order valence-corrected chi connectivity index (χ2v) is 8.04. The van der Waals surface area contributed by atoms with Crippen LogP contribution in [0.3, 0.4) is 0 Å². The van der Waals surface area contributed by atoms with E-state index in [4.69, 9.17) is 0 Å². The van der Waals surface area contributed by atoms with Gasteiger partial charge in [-0.05, 0) is 36.1 Å². The van der Waals surface area contributed by atoms with Crippen LogP contribution < -0.4 is 10.8 Å². The monoisotopic (exact) mass is 373 g/mol. The van der Waals surface area contributed by atoms with Gasteiger partial charge in [0.1, 0.15) is 11.8 Å². The first-order valence-electron chi connectivity index (χ1n) is 9.04. The maximum Gasteiger partial charge on any atom is 0.264 e. The van der Waals surface area contributed by atoms with Crippen LogP contribution in [0.1, 0.15) is 37.8 Å². The summed E-state index contributed by atoms with van der Waals surface area (Å²) in [7, 11) is 0. The van der Waals surface area contributed by atoms with E-state index in [0.717, 1.165) is 0 Å². The molecule has 0 atom stereocenters. The lowest BCUT2D eigenvalue weighted by Gasteiger charge is -2.28. The van der Waals surface area contributed by atoms with Crippen LogP contribution in [0.2, 0.25) is 0 Å². The number of benzene rings is 1. The Hall–Kier alpha value is -3.46. The average Bonchev–Trinajstić information content (AvgIpc) is 2.99. The SMILES string of the molecule is Cc1c(C#N)c2nc3ccccc3n2c(=O)c1=CC1=C(O)CC(C)(C)CC1=O. The molecule has 3 aromatic rings. The van der Waals surface area contributed by atoms with Crippen molar-refractivity contribution in [2.75, 3.05) is 0 Å². The number of aromatic nitrogens is 2. The Labute approximate surface area is 161 Å². The van der Waals surface area contributed by atoms with E-state index in [2.05, 4.69) is 11.1 Å². The highest BCUT2D eigenvalue weighted by molar-refractivity contribution is 6.04. The summed E-state index contributed by atoms with van der Waals surface area (Å²) < 4.78 is 1.40. The molecule has 0 aliphatic heterocycles. The minimum absolute atomic E-state index is 0.0193. The minimum Gasteiger partial charge on any atom is -0.512 e. The van der Waals surface area contributed by atoms with E-state index in [-0.39, 0.29) is 45.3 Å². The first-order chi connectivity index (χ1) is 13.2. The van der Waals surface area contributed by atoms with E-state index in [1.54, 1.807) is 25.1 Å². The molecule has 28 heavy (non-hydrogen) atoms. The third kappa shape index (κ3) is 2.59. The summed E-state index contributed by atoms with van der Waals surface area (Å²) in [5.41, 5.74) is 1.71. The van der Waals surface area contributed by atoms with Crippen molar-refractivity contribution in [3.63, 3.8) is 0 Å². The Bertz CT molecular complexity index is 1350. The Morgan fingerprint density at radius 2 is 1.96 bits per heavy atom. The number of imidazole rings is 1. The smallest absolute Gasteiger partial charge is 0.264 e. The van der Waals surface area contributed by atoms with Gasteiger partial charge in [0.15, 0.2) is 11.4 Å². The van der Waals surface area contributed by atoms with Gasteiger partial charge in [-0.3, -0.25) is 14.0 Å². The summed E-state index contributed by atoms with van der Waals surface area (Å²) in [6.45, 7) is 5.50. The van der Waals surface area contributed by atoms with Crippen molar-refractivity contribution < 1.29 is 9.90 Å². The Morgan fingerprint density at radius 1 is 1.25 bits per heavy atom. The molecule has 2 heterocycles. The molecule has 0 radical (unpaired) electrons. The highest BCUT2D eigenvalue weighted by atomic mass is 16.3. The number of aliphatic hydroxyl groups excluding tert-OH is 1. The molecule has 0 saturated heterocycles. The summed E-state index contributed by atoms with van der Waals surface area (Å²) >= 11 is 0. The first kappa shape index (κ1) is 17.9. The van der Waals surface area contributed by atoms with Crippen LogP contribution in [-0.4, -0.2) is 20.3 Å². The lowest BCUT2D eigenvalue weighted by Crippen LogP contribution is -2.35. The minimum atomic E-state index is -0.363. The number of aliphatic hydroxyl groups is 1. The fourth-order valence-corrected chi connectivity index (χ4v) is 3.90. The molecule has 0 spiro atoms. The number of hydrogen-bond acceptors (Lipinski definition) is 5. The third-order valence-electron chi connectivity index (χ3n) is 5.29. The molecule has 0 fully saturated rings. The first-order valence-corrected chi connectivity index (χ1v) is 9.04. The number of allylic oxidation sites excluding steroid dienone is 2. The van der Waals surface area contributed by atoms with E-state index in [9.17, 15) is 20.0 Å². The zero-order valence-electron chi connectivity index (χ0n) is 15.9. The van der Waals surface area contributed by atoms with Crippen LogP contribution in [0.5, 0.6) is 0 Å². The van der Waals surface area contributed by atoms with Gasteiger partial charge in [0.25, 0.3) is 5.56 Å². The maximum absolute atomic E-state index is 13.3. The quantitative estimate of drug-likeness (QED) is 0.708. The molecule has 6 nitrogen and oxygen atoms in total. The summed E-state index contributed by atoms with van der Waals surface area (Å²) in [5.74, 6) is -0.226. The molecule has 0 saturated carbocycles. The molecule has 0 bridgehead atoms. The second-order valence-electron chi connectivity index (χ2n) is 8.04. The molecule has 1 N–H and O–H groups in total. The van der Waals surface area contributed by atoms with Gasteiger partial charge < -0.3 is 5.11 Å². The Balaban J connectivity index is 2.13. The Morgan fingerprint density at radius 3 is 2.64 bits per heavy atom. The molecule has 6 heteroatoms. The summed E-state index contributed by atoms with van der Waals surface area (Å²) in [6, 6.07) is 9.29. The molecule has 2 aromatic heterocycles. The van der Waals surface area contributed by atoms with Gasteiger partial charge in [0, 0.05) is 18.1 Å². The lowest BCUT2D eigenvalue weighted by atomic mass is 9.76. The van der Waals surface area contributed by atoms with E-state index < -0.39 is 0 Å². The molecule has 4 rings (SSSR count). The lowest BCUT2D eigenvalue weighted by molar-refractivity contribution is -0.118. The molecule has 140 valence electrons. The van der Waals surface area contributed by atoms with Crippen molar-refractivity contribution in [3.05, 3.63) is 62.3 Å². The van der Waals surface area contributed by atoms with E-state index in [1.165, 1.54) is 10.5 Å². The highest BCUT2D eigenvalue weighted by Gasteiger charge is 2.32. The van der Waals surface area contributed by atoms with Gasteiger partial charge in [-0.1, -0.05) is 26.0 Å². The van der Waals surface area contributed by atoms with Gasteiger partial charge in [0.2, 0.25) is 0 Å². The number of fused-ring (bicyclic) bond motifs is 3. The van der Waals surface area contributed by atoms with Crippen LogP contribution >= 0.6 is 0 Å². The number of ketones is 1. The summed E-state index contributed by atoms with van der Waals surface area (Å²) in [4.78, 5) is 30.3. The van der Waals surface area contributed by atoms with Crippen molar-refractivity contribution in [1.29, 1.82) is 5.26 Å². The van der Waals surface area contributed by atoms with Crippen molar-refractivity contribution in [3.8, 4) is 6.07 Å². The molecule has 0 amide bonds. The van der Waals surface area contributed by atoms with E-state index >= 15 is 0 Å². The van der Waals surface area contributed by atoms with Crippen LogP contribution in [0.4, 0.5) is 0 Å². The van der Waals surface area contributed by atoms with Crippen molar-refractivity contribution in [2.45, 2.75) is 33.6 Å². The summed E-state index contributed by atoms with van der Waals surface area (Å²) in [5, 5.41) is 20.3. The number of nitrogens with zero attached hydrogens (tertiary/aromatic N) is 3. The number of pyridine rings is 1. The molecule has 0 unspecified atom stereocenters. The average molecular weight is 373 g/mol. The fraction of sp³-hybridized carbons (Fsp3) is 0.273. The zero-order valence-corrected chi connectivity index (χ0v) is 15.9. The summed E-state index contributed by atoms with van der Waals surface area (Å²) in [6.07, 6.45) is 2.08. The molecular weight excluding hydrogens is 354 g/mol. The van der Waals surface area contributed by atoms with Gasteiger partial charge in [-0.2, -0.15) is 5.26 Å². The predicted octanol–water partition coefficient (Wildman–Crippen LogP) is 2.73. The normalized spacial score (nSPS) is 17.5. The highest BCUT2D eigenvalue weighted by Crippen LogP contribution is 2.36. The van der Waals surface area contributed by atoms with Crippen molar-refractivity contribution in [1.82, 2.24) is 9.38 Å². The van der Waals surface area contributed by atoms with Crippen molar-refractivity contribution in [2.24, 2.45) is 5.41 Å². The zero-order chi connectivity index (χ0) is 20.2. The number of carbonyl (C=O) groups excluding carboxylic acids is 1. The van der Waals surface area contributed by atoms with Crippen molar-refractivity contribution >= 4 is 28.5 Å². The molecular formula is C22H19N3O3. The number of nitriles is 1. The van der Waals surface area contributed by atoms with Crippen LogP contribution in [-0.2, 0) is 4.79 Å². The van der Waals surface area contributed by atoms with E-state index in [0.29, 0.717) is 28.7 Å². The number of hydrogen-bond donors (Lipinski definition) is 1. The van der Waals surface area contributed by atoms with Gasteiger partial charge in [-0.15, -0.1) is 0 Å². The number of rotatable bonds is 1. The largest absolute Gasteiger partial charge is 0.512 e. The van der Waals surface area contributed by atoms with Gasteiger partial charge in [0.05, 0.1) is 22.2 Å². The van der Waals surface area contributed by atoms with Crippen LogP contribution in [0.25, 0.3) is 22.8 Å².